The molecule has 0 bridgehead atoms. The zero-order chi connectivity index (χ0) is 17.3. The number of hydrogen-bond acceptors (Lipinski definition) is 3. The Morgan fingerprint density at radius 3 is 2.42 bits per heavy atom. The summed E-state index contributed by atoms with van der Waals surface area (Å²) in [6, 6.07) is 13.4. The van der Waals surface area contributed by atoms with Crippen LogP contribution >= 0.6 is 0 Å². The van der Waals surface area contributed by atoms with Crippen LogP contribution in [0.1, 0.15) is 23.1 Å². The molecule has 4 heteroatoms. The fraction of sp³-hybridized carbons (Fsp3) is 0.300. The van der Waals surface area contributed by atoms with E-state index in [2.05, 4.69) is 0 Å². The first-order valence-corrected chi connectivity index (χ1v) is 8.10. The first-order valence-electron chi connectivity index (χ1n) is 8.10. The summed E-state index contributed by atoms with van der Waals surface area (Å²) in [6.45, 7) is 6.25. The highest BCUT2D eigenvalue weighted by molar-refractivity contribution is 6.00. The van der Waals surface area contributed by atoms with E-state index in [4.69, 9.17) is 4.74 Å². The molecule has 1 heterocycles. The van der Waals surface area contributed by atoms with E-state index in [-0.39, 0.29) is 18.3 Å². The summed E-state index contributed by atoms with van der Waals surface area (Å²) in [6.07, 6.45) is 0.192. The van der Waals surface area contributed by atoms with E-state index < -0.39 is 5.92 Å². The Hall–Kier alpha value is -2.62. The lowest BCUT2D eigenvalue weighted by atomic mass is 10.1. The molecule has 0 unspecified atom stereocenters. The van der Waals surface area contributed by atoms with Crippen LogP contribution < -0.4 is 9.64 Å². The van der Waals surface area contributed by atoms with Crippen LogP contribution in [0.5, 0.6) is 5.75 Å². The van der Waals surface area contributed by atoms with E-state index in [1.54, 1.807) is 4.90 Å². The average molecular weight is 323 g/mol. The van der Waals surface area contributed by atoms with E-state index in [9.17, 15) is 9.59 Å². The van der Waals surface area contributed by atoms with E-state index in [1.165, 1.54) is 0 Å². The molecule has 0 aromatic heterocycles. The van der Waals surface area contributed by atoms with Crippen molar-refractivity contribution >= 4 is 17.6 Å². The van der Waals surface area contributed by atoms with Gasteiger partial charge in [-0.05, 0) is 55.7 Å². The van der Waals surface area contributed by atoms with Crippen molar-refractivity contribution in [2.45, 2.75) is 27.2 Å². The molecule has 0 aliphatic carbocycles. The molecule has 24 heavy (non-hydrogen) atoms. The van der Waals surface area contributed by atoms with Gasteiger partial charge in [-0.3, -0.25) is 9.59 Å². The molecule has 1 aliphatic rings. The monoisotopic (exact) mass is 323 g/mol. The van der Waals surface area contributed by atoms with E-state index in [1.807, 2.05) is 63.2 Å². The van der Waals surface area contributed by atoms with Crippen LogP contribution in [0.4, 0.5) is 5.69 Å². The van der Waals surface area contributed by atoms with Crippen molar-refractivity contribution < 1.29 is 14.3 Å². The van der Waals surface area contributed by atoms with Crippen LogP contribution in [0.15, 0.2) is 42.5 Å². The lowest BCUT2D eigenvalue weighted by molar-refractivity contribution is -0.139. The maximum absolute atomic E-state index is 12.4. The number of para-hydroxylation sites is 1. The molecular weight excluding hydrogens is 302 g/mol. The zero-order valence-electron chi connectivity index (χ0n) is 14.2. The molecule has 0 radical (unpaired) electrons. The maximum atomic E-state index is 12.4. The van der Waals surface area contributed by atoms with E-state index in [0.29, 0.717) is 12.3 Å². The molecule has 1 atom stereocenters. The highest BCUT2D eigenvalue weighted by Gasteiger charge is 2.36. The zero-order valence-corrected chi connectivity index (χ0v) is 14.2. The number of rotatable bonds is 3. The van der Waals surface area contributed by atoms with Crippen LogP contribution in [0.2, 0.25) is 0 Å². The second-order valence-electron chi connectivity index (χ2n) is 6.44. The number of carbonyl (C=O) groups is 2. The molecule has 2 aromatic rings. The van der Waals surface area contributed by atoms with Crippen molar-refractivity contribution in [2.24, 2.45) is 5.92 Å². The lowest BCUT2D eigenvalue weighted by Crippen LogP contribution is -2.27. The minimum absolute atomic E-state index is 0.0355. The number of aryl methyl sites for hydroxylation is 3. The fourth-order valence-corrected chi connectivity index (χ4v) is 3.16. The summed E-state index contributed by atoms with van der Waals surface area (Å²) in [7, 11) is 0. The summed E-state index contributed by atoms with van der Waals surface area (Å²) in [5, 5.41) is 0. The Kier molecular flexibility index (Phi) is 4.38. The Balaban J connectivity index is 1.73. The molecule has 124 valence electrons. The number of carbonyl (C=O) groups excluding carboxylic acids is 2. The molecule has 3 rings (SSSR count). The minimum atomic E-state index is -0.432. The maximum Gasteiger partial charge on any atom is 0.316 e. The first-order chi connectivity index (χ1) is 11.4. The van der Waals surface area contributed by atoms with Crippen LogP contribution in [-0.4, -0.2) is 18.4 Å². The van der Waals surface area contributed by atoms with Gasteiger partial charge in [-0.2, -0.15) is 0 Å². The van der Waals surface area contributed by atoms with Gasteiger partial charge in [-0.15, -0.1) is 0 Å². The van der Waals surface area contributed by atoms with E-state index >= 15 is 0 Å². The van der Waals surface area contributed by atoms with Crippen molar-refractivity contribution in [3.05, 3.63) is 59.2 Å². The Bertz CT molecular complexity index is 777. The van der Waals surface area contributed by atoms with Crippen LogP contribution in [0, 0.1) is 26.7 Å². The van der Waals surface area contributed by atoms with Crippen molar-refractivity contribution in [1.82, 2.24) is 0 Å². The number of hydrogen-bond donors (Lipinski definition) is 0. The quantitative estimate of drug-likeness (QED) is 0.641. The predicted molar refractivity (Wildman–Crippen MR) is 93.2 cm³/mol. The van der Waals surface area contributed by atoms with Gasteiger partial charge >= 0.3 is 5.97 Å². The SMILES string of the molecule is Cc1cc(C)cc(OC(=O)[C@H]2CC(=O)N(c3ccccc3C)C2)c1. The summed E-state index contributed by atoms with van der Waals surface area (Å²) < 4.78 is 5.50. The Morgan fingerprint density at radius 1 is 1.08 bits per heavy atom. The van der Waals surface area contributed by atoms with Gasteiger partial charge in [0, 0.05) is 18.7 Å². The van der Waals surface area contributed by atoms with Crippen molar-refractivity contribution in [2.75, 3.05) is 11.4 Å². The summed E-state index contributed by atoms with van der Waals surface area (Å²) in [5.41, 5.74) is 3.97. The van der Waals surface area contributed by atoms with Crippen molar-refractivity contribution in [1.29, 1.82) is 0 Å². The highest BCUT2D eigenvalue weighted by Crippen LogP contribution is 2.29. The third-order valence-corrected chi connectivity index (χ3v) is 4.28. The van der Waals surface area contributed by atoms with Crippen LogP contribution in [-0.2, 0) is 9.59 Å². The first kappa shape index (κ1) is 16.2. The number of anilines is 1. The smallest absolute Gasteiger partial charge is 0.316 e. The molecule has 0 spiro atoms. The summed E-state index contributed by atoms with van der Waals surface area (Å²) >= 11 is 0. The standard InChI is InChI=1S/C20H21NO3/c1-13-8-14(2)10-17(9-13)24-20(23)16-11-19(22)21(12-16)18-7-5-4-6-15(18)3/h4-10,16H,11-12H2,1-3H3/t16-/m0/s1. The molecule has 0 saturated carbocycles. The largest absolute Gasteiger partial charge is 0.426 e. The lowest BCUT2D eigenvalue weighted by Gasteiger charge is -2.18. The molecule has 1 amide bonds. The summed E-state index contributed by atoms with van der Waals surface area (Å²) in [5.74, 6) is -0.270. The number of benzene rings is 2. The minimum Gasteiger partial charge on any atom is -0.426 e. The number of ether oxygens (including phenoxy) is 1. The molecule has 1 aliphatic heterocycles. The van der Waals surface area contributed by atoms with Crippen molar-refractivity contribution in [3.8, 4) is 5.75 Å². The molecule has 0 N–H and O–H groups in total. The number of esters is 1. The predicted octanol–water partition coefficient (Wildman–Crippen LogP) is 3.57. The number of amides is 1. The van der Waals surface area contributed by atoms with Crippen LogP contribution in [0.25, 0.3) is 0 Å². The van der Waals surface area contributed by atoms with Gasteiger partial charge in [-0.25, -0.2) is 0 Å². The molecule has 2 aromatic carbocycles. The molecule has 1 fully saturated rings. The summed E-state index contributed by atoms with van der Waals surface area (Å²) in [4.78, 5) is 26.4. The third-order valence-electron chi connectivity index (χ3n) is 4.28. The third kappa shape index (κ3) is 3.32. The second kappa shape index (κ2) is 6.48. The fourth-order valence-electron chi connectivity index (χ4n) is 3.16. The second-order valence-corrected chi connectivity index (χ2v) is 6.44. The van der Waals surface area contributed by atoms with Gasteiger partial charge in [0.1, 0.15) is 5.75 Å². The van der Waals surface area contributed by atoms with Gasteiger partial charge in [0.2, 0.25) is 5.91 Å². The molecule has 4 nitrogen and oxygen atoms in total. The number of nitrogens with zero attached hydrogens (tertiary/aromatic N) is 1. The molecular formula is C20H21NO3. The van der Waals surface area contributed by atoms with Gasteiger partial charge in [0.15, 0.2) is 0 Å². The molecule has 1 saturated heterocycles. The Morgan fingerprint density at radius 2 is 1.75 bits per heavy atom. The van der Waals surface area contributed by atoms with Gasteiger partial charge in [-0.1, -0.05) is 24.3 Å². The van der Waals surface area contributed by atoms with Gasteiger partial charge in [0.05, 0.1) is 5.92 Å². The highest BCUT2D eigenvalue weighted by atomic mass is 16.5. The van der Waals surface area contributed by atoms with Gasteiger partial charge < -0.3 is 9.64 Å². The van der Waals surface area contributed by atoms with Crippen molar-refractivity contribution in [3.63, 3.8) is 0 Å². The van der Waals surface area contributed by atoms with Gasteiger partial charge in [0.25, 0.3) is 0 Å². The normalized spacial score (nSPS) is 17.2. The topological polar surface area (TPSA) is 46.6 Å². The van der Waals surface area contributed by atoms with Crippen LogP contribution in [0.3, 0.4) is 0 Å². The Labute approximate surface area is 142 Å². The van der Waals surface area contributed by atoms with E-state index in [0.717, 1.165) is 22.4 Å². The average Bonchev–Trinajstić information content (AvgIpc) is 2.88.